The average Bonchev–Trinajstić information content (AvgIpc) is 2.07. The summed E-state index contributed by atoms with van der Waals surface area (Å²) in [6.07, 6.45) is 5.56. The zero-order chi connectivity index (χ0) is 7.94. The van der Waals surface area contributed by atoms with E-state index in [1.807, 2.05) is 0 Å². The van der Waals surface area contributed by atoms with E-state index in [0.717, 1.165) is 19.7 Å². The molecule has 0 spiro atoms. The molecule has 1 aliphatic heterocycles. The summed E-state index contributed by atoms with van der Waals surface area (Å²) in [6.45, 7) is 5.33. The molecule has 1 N–H and O–H groups in total. The van der Waals surface area contributed by atoms with E-state index in [9.17, 15) is 0 Å². The highest BCUT2D eigenvalue weighted by Gasteiger charge is 2.12. The first kappa shape index (κ1) is 9.01. The van der Waals surface area contributed by atoms with Crippen molar-refractivity contribution >= 4 is 0 Å². The van der Waals surface area contributed by atoms with Gasteiger partial charge in [-0.05, 0) is 32.2 Å². The fraction of sp³-hybridized carbons (Fsp3) is 1.00. The van der Waals surface area contributed by atoms with E-state index in [1.54, 1.807) is 0 Å². The molecule has 1 aliphatic rings. The molecule has 2 nitrogen and oxygen atoms in total. The predicted octanol–water partition coefficient (Wildman–Crippen LogP) is 1.56. The van der Waals surface area contributed by atoms with Crippen LogP contribution in [-0.4, -0.2) is 25.8 Å². The minimum atomic E-state index is 0.496. The number of nitrogens with one attached hydrogen (secondary N) is 1. The van der Waals surface area contributed by atoms with E-state index in [0.29, 0.717) is 6.10 Å². The maximum absolute atomic E-state index is 5.56. The van der Waals surface area contributed by atoms with Gasteiger partial charge in [0.05, 0.1) is 6.10 Å². The van der Waals surface area contributed by atoms with Crippen molar-refractivity contribution in [1.82, 2.24) is 5.32 Å². The molecule has 66 valence electrons. The molecule has 1 heterocycles. The molecule has 0 aromatic carbocycles. The Morgan fingerprint density at radius 2 is 2.36 bits per heavy atom. The second kappa shape index (κ2) is 5.56. The molecule has 0 bridgehead atoms. The molecule has 0 radical (unpaired) electrons. The van der Waals surface area contributed by atoms with E-state index >= 15 is 0 Å². The Bertz CT molecular complexity index is 89.6. The molecule has 1 atom stereocenters. The lowest BCUT2D eigenvalue weighted by molar-refractivity contribution is 0.0171. The standard InChI is InChI=1S/C9H19NO/c1-2-6-10-8-9-5-3-4-7-11-9/h9-10H,2-8H2,1H3. The van der Waals surface area contributed by atoms with Crippen LogP contribution in [0.4, 0.5) is 0 Å². The summed E-state index contributed by atoms with van der Waals surface area (Å²) >= 11 is 0. The number of rotatable bonds is 4. The molecule has 0 saturated carbocycles. The third-order valence-corrected chi connectivity index (χ3v) is 2.07. The summed E-state index contributed by atoms with van der Waals surface area (Å²) in [7, 11) is 0. The normalized spacial score (nSPS) is 25.4. The number of ether oxygens (including phenoxy) is 1. The van der Waals surface area contributed by atoms with Crippen molar-refractivity contribution in [3.8, 4) is 0 Å². The molecule has 1 fully saturated rings. The smallest absolute Gasteiger partial charge is 0.0699 e. The van der Waals surface area contributed by atoms with Gasteiger partial charge in [-0.3, -0.25) is 0 Å². The van der Waals surface area contributed by atoms with Gasteiger partial charge in [-0.15, -0.1) is 0 Å². The van der Waals surface area contributed by atoms with Crippen LogP contribution in [-0.2, 0) is 4.74 Å². The monoisotopic (exact) mass is 157 g/mol. The fourth-order valence-electron chi connectivity index (χ4n) is 1.41. The van der Waals surface area contributed by atoms with Crippen molar-refractivity contribution in [3.05, 3.63) is 0 Å². The lowest BCUT2D eigenvalue weighted by Crippen LogP contribution is -2.32. The topological polar surface area (TPSA) is 21.3 Å². The van der Waals surface area contributed by atoms with E-state index in [1.165, 1.54) is 25.7 Å². The number of hydrogen-bond acceptors (Lipinski definition) is 2. The van der Waals surface area contributed by atoms with Crippen molar-refractivity contribution < 1.29 is 4.74 Å². The van der Waals surface area contributed by atoms with Gasteiger partial charge < -0.3 is 10.1 Å². The first-order chi connectivity index (χ1) is 5.43. The Morgan fingerprint density at radius 3 is 3.00 bits per heavy atom. The Kier molecular flexibility index (Phi) is 4.55. The zero-order valence-corrected chi connectivity index (χ0v) is 7.44. The van der Waals surface area contributed by atoms with Gasteiger partial charge in [-0.2, -0.15) is 0 Å². The molecule has 0 aromatic heterocycles. The van der Waals surface area contributed by atoms with Gasteiger partial charge in [0.15, 0.2) is 0 Å². The van der Waals surface area contributed by atoms with Crippen LogP contribution in [0.25, 0.3) is 0 Å². The summed E-state index contributed by atoms with van der Waals surface area (Å²) in [6, 6.07) is 0. The van der Waals surface area contributed by atoms with E-state index in [4.69, 9.17) is 4.74 Å². The van der Waals surface area contributed by atoms with Gasteiger partial charge in [0.25, 0.3) is 0 Å². The van der Waals surface area contributed by atoms with Gasteiger partial charge >= 0.3 is 0 Å². The van der Waals surface area contributed by atoms with Crippen LogP contribution < -0.4 is 5.32 Å². The van der Waals surface area contributed by atoms with Crippen LogP contribution in [0.5, 0.6) is 0 Å². The molecule has 1 saturated heterocycles. The van der Waals surface area contributed by atoms with Gasteiger partial charge in [0.2, 0.25) is 0 Å². The van der Waals surface area contributed by atoms with Gasteiger partial charge in [0.1, 0.15) is 0 Å². The summed E-state index contributed by atoms with van der Waals surface area (Å²) in [5.74, 6) is 0. The molecule has 1 rings (SSSR count). The van der Waals surface area contributed by atoms with Gasteiger partial charge in [0, 0.05) is 13.2 Å². The zero-order valence-electron chi connectivity index (χ0n) is 7.44. The van der Waals surface area contributed by atoms with Crippen LogP contribution in [0.2, 0.25) is 0 Å². The van der Waals surface area contributed by atoms with Crippen molar-refractivity contribution in [1.29, 1.82) is 0 Å². The van der Waals surface area contributed by atoms with E-state index in [-0.39, 0.29) is 0 Å². The molecule has 0 amide bonds. The van der Waals surface area contributed by atoms with Crippen LogP contribution in [0.15, 0.2) is 0 Å². The third kappa shape index (κ3) is 3.73. The van der Waals surface area contributed by atoms with Gasteiger partial charge in [-0.25, -0.2) is 0 Å². The van der Waals surface area contributed by atoms with Crippen LogP contribution in [0.3, 0.4) is 0 Å². The lowest BCUT2D eigenvalue weighted by Gasteiger charge is -2.22. The summed E-state index contributed by atoms with van der Waals surface area (Å²) in [4.78, 5) is 0. The van der Waals surface area contributed by atoms with Crippen LogP contribution >= 0.6 is 0 Å². The maximum Gasteiger partial charge on any atom is 0.0699 e. The summed E-state index contributed by atoms with van der Waals surface area (Å²) in [5, 5.41) is 3.38. The second-order valence-electron chi connectivity index (χ2n) is 3.19. The van der Waals surface area contributed by atoms with Crippen LogP contribution in [0.1, 0.15) is 32.6 Å². The quantitative estimate of drug-likeness (QED) is 0.625. The molecule has 2 heteroatoms. The SMILES string of the molecule is CCCNCC1CCCCO1. The lowest BCUT2D eigenvalue weighted by atomic mass is 10.1. The Morgan fingerprint density at radius 1 is 1.45 bits per heavy atom. The molecule has 1 unspecified atom stereocenters. The second-order valence-corrected chi connectivity index (χ2v) is 3.19. The highest BCUT2D eigenvalue weighted by molar-refractivity contribution is 4.65. The predicted molar refractivity (Wildman–Crippen MR) is 46.8 cm³/mol. The average molecular weight is 157 g/mol. The van der Waals surface area contributed by atoms with Crippen molar-refractivity contribution in [2.45, 2.75) is 38.7 Å². The first-order valence-corrected chi connectivity index (χ1v) is 4.76. The summed E-state index contributed by atoms with van der Waals surface area (Å²) < 4.78 is 5.56. The largest absolute Gasteiger partial charge is 0.377 e. The van der Waals surface area contributed by atoms with Crippen molar-refractivity contribution in [2.75, 3.05) is 19.7 Å². The van der Waals surface area contributed by atoms with E-state index < -0.39 is 0 Å². The maximum atomic E-state index is 5.56. The van der Waals surface area contributed by atoms with E-state index in [2.05, 4.69) is 12.2 Å². The molecule has 0 aromatic rings. The Balaban J connectivity index is 1.96. The van der Waals surface area contributed by atoms with Crippen LogP contribution in [0, 0.1) is 0 Å². The number of hydrogen-bond donors (Lipinski definition) is 1. The molecule has 0 aliphatic carbocycles. The Hall–Kier alpha value is -0.0800. The minimum absolute atomic E-state index is 0.496. The molecule has 11 heavy (non-hydrogen) atoms. The molecular weight excluding hydrogens is 138 g/mol. The highest BCUT2D eigenvalue weighted by Crippen LogP contribution is 2.11. The Labute approximate surface area is 69.3 Å². The third-order valence-electron chi connectivity index (χ3n) is 2.07. The molecular formula is C9H19NO. The highest BCUT2D eigenvalue weighted by atomic mass is 16.5. The van der Waals surface area contributed by atoms with Crippen molar-refractivity contribution in [3.63, 3.8) is 0 Å². The minimum Gasteiger partial charge on any atom is -0.377 e. The van der Waals surface area contributed by atoms with Gasteiger partial charge in [-0.1, -0.05) is 6.92 Å². The first-order valence-electron chi connectivity index (χ1n) is 4.76. The fourth-order valence-corrected chi connectivity index (χ4v) is 1.41. The summed E-state index contributed by atoms with van der Waals surface area (Å²) in [5.41, 5.74) is 0. The van der Waals surface area contributed by atoms with Crippen molar-refractivity contribution in [2.24, 2.45) is 0 Å².